The van der Waals surface area contributed by atoms with Gasteiger partial charge in [-0.2, -0.15) is 0 Å². The second-order valence-corrected chi connectivity index (χ2v) is 12.5. The number of para-hydroxylation sites is 2. The lowest BCUT2D eigenvalue weighted by Gasteiger charge is -2.12. The molecule has 234 valence electrons. The Kier molecular flexibility index (Phi) is 6.42. The third-order valence-corrected chi connectivity index (χ3v) is 9.59. The molecule has 5 heteroatoms. The van der Waals surface area contributed by atoms with Gasteiger partial charge in [0, 0.05) is 45.2 Å². The lowest BCUT2D eigenvalue weighted by Crippen LogP contribution is -2.02. The first kappa shape index (κ1) is 28.2. The van der Waals surface area contributed by atoms with E-state index in [1.165, 1.54) is 27.4 Å². The van der Waals surface area contributed by atoms with E-state index in [1.807, 2.05) is 48.7 Å². The van der Waals surface area contributed by atoms with Gasteiger partial charge >= 0.3 is 0 Å². The first-order valence-corrected chi connectivity index (χ1v) is 16.8. The summed E-state index contributed by atoms with van der Waals surface area (Å²) in [4.78, 5) is 15.2. The summed E-state index contributed by atoms with van der Waals surface area (Å²) >= 11 is 0. The maximum Gasteiger partial charge on any atom is 0.162 e. The summed E-state index contributed by atoms with van der Waals surface area (Å²) in [5.41, 5.74) is 11.7. The largest absolute Gasteiger partial charge is 0.309 e. The van der Waals surface area contributed by atoms with E-state index in [-0.39, 0.29) is 0 Å². The van der Waals surface area contributed by atoms with Crippen LogP contribution in [0.4, 0.5) is 0 Å². The van der Waals surface area contributed by atoms with Gasteiger partial charge in [-0.15, -0.1) is 0 Å². The Bertz CT molecular complexity index is 2800. The number of benzene rings is 6. The molecule has 0 fully saturated rings. The highest BCUT2D eigenvalue weighted by atomic mass is 15.1. The molecule has 4 aromatic heterocycles. The van der Waals surface area contributed by atoms with Crippen LogP contribution in [0.5, 0.6) is 0 Å². The minimum atomic E-state index is 0.680. The van der Waals surface area contributed by atoms with Crippen LogP contribution in [0.3, 0.4) is 0 Å². The van der Waals surface area contributed by atoms with Crippen molar-refractivity contribution < 1.29 is 0 Å². The van der Waals surface area contributed by atoms with E-state index >= 15 is 0 Å². The quantitative estimate of drug-likeness (QED) is 0.188. The zero-order chi connectivity index (χ0) is 33.0. The molecule has 10 aromatic rings. The van der Waals surface area contributed by atoms with Crippen molar-refractivity contribution in [2.45, 2.75) is 0 Å². The van der Waals surface area contributed by atoms with Gasteiger partial charge in [-0.25, -0.2) is 9.97 Å². The lowest BCUT2D eigenvalue weighted by molar-refractivity contribution is 1.05. The predicted octanol–water partition coefficient (Wildman–Crippen LogP) is 11.1. The summed E-state index contributed by atoms with van der Waals surface area (Å²) in [6.07, 6.45) is 1.87. The molecule has 0 aliphatic carbocycles. The van der Waals surface area contributed by atoms with Crippen LogP contribution < -0.4 is 0 Å². The van der Waals surface area contributed by atoms with Crippen molar-refractivity contribution in [1.82, 2.24) is 24.1 Å². The molecule has 4 heterocycles. The Morgan fingerprint density at radius 2 is 1.10 bits per heavy atom. The van der Waals surface area contributed by atoms with E-state index in [0.717, 1.165) is 55.8 Å². The Morgan fingerprint density at radius 1 is 0.420 bits per heavy atom. The SMILES string of the molecule is c1ccc(-c2cc(-n3c4ccc(-c5cccc6c5c5ccccc5n6-c5ccccc5)cc4c4ncccc43)nc(-c3ccccc3)n2)cc1. The molecule has 0 aliphatic heterocycles. The Hall–Kier alpha value is -6.85. The highest BCUT2D eigenvalue weighted by Crippen LogP contribution is 2.41. The molecule has 0 bridgehead atoms. The van der Waals surface area contributed by atoms with Crippen LogP contribution in [0, 0.1) is 0 Å². The van der Waals surface area contributed by atoms with E-state index in [4.69, 9.17) is 15.0 Å². The molecule has 10 rings (SSSR count). The average molecular weight is 640 g/mol. The maximum absolute atomic E-state index is 5.18. The van der Waals surface area contributed by atoms with Crippen LogP contribution in [-0.4, -0.2) is 24.1 Å². The van der Waals surface area contributed by atoms with Crippen molar-refractivity contribution in [1.29, 1.82) is 0 Å². The van der Waals surface area contributed by atoms with Gasteiger partial charge in [-0.3, -0.25) is 9.55 Å². The maximum atomic E-state index is 5.18. The van der Waals surface area contributed by atoms with Crippen molar-refractivity contribution >= 4 is 43.7 Å². The molecule has 0 atom stereocenters. The van der Waals surface area contributed by atoms with Crippen molar-refractivity contribution in [3.8, 4) is 45.3 Å². The summed E-state index contributed by atoms with van der Waals surface area (Å²) < 4.78 is 4.59. The highest BCUT2D eigenvalue weighted by Gasteiger charge is 2.20. The van der Waals surface area contributed by atoms with E-state index in [0.29, 0.717) is 5.82 Å². The minimum absolute atomic E-state index is 0.680. The Balaban J connectivity index is 1.22. The third kappa shape index (κ3) is 4.45. The predicted molar refractivity (Wildman–Crippen MR) is 205 cm³/mol. The molecule has 50 heavy (non-hydrogen) atoms. The first-order chi connectivity index (χ1) is 24.8. The van der Waals surface area contributed by atoms with E-state index < -0.39 is 0 Å². The van der Waals surface area contributed by atoms with Crippen LogP contribution in [0.25, 0.3) is 89.0 Å². The fourth-order valence-corrected chi connectivity index (χ4v) is 7.39. The van der Waals surface area contributed by atoms with Crippen LogP contribution in [0.2, 0.25) is 0 Å². The van der Waals surface area contributed by atoms with Crippen molar-refractivity contribution in [3.05, 3.63) is 176 Å². The second kappa shape index (κ2) is 11.4. The number of rotatable bonds is 5. The van der Waals surface area contributed by atoms with Gasteiger partial charge in [0.05, 0.1) is 33.3 Å². The topological polar surface area (TPSA) is 48.5 Å². The lowest BCUT2D eigenvalue weighted by atomic mass is 9.98. The van der Waals surface area contributed by atoms with Crippen molar-refractivity contribution in [3.63, 3.8) is 0 Å². The molecule has 6 aromatic carbocycles. The van der Waals surface area contributed by atoms with Crippen molar-refractivity contribution in [2.24, 2.45) is 0 Å². The number of hydrogen-bond acceptors (Lipinski definition) is 3. The molecular weight excluding hydrogens is 611 g/mol. The van der Waals surface area contributed by atoms with Gasteiger partial charge < -0.3 is 4.57 Å². The molecule has 0 N–H and O–H groups in total. The summed E-state index contributed by atoms with van der Waals surface area (Å²) in [6.45, 7) is 0. The summed E-state index contributed by atoms with van der Waals surface area (Å²) in [5.74, 6) is 1.48. The first-order valence-electron chi connectivity index (χ1n) is 16.8. The highest BCUT2D eigenvalue weighted by molar-refractivity contribution is 6.17. The molecular formula is C45H29N5. The molecule has 5 nitrogen and oxygen atoms in total. The number of aromatic nitrogens is 5. The molecule has 0 aliphatic rings. The van der Waals surface area contributed by atoms with Gasteiger partial charge in [0.2, 0.25) is 0 Å². The van der Waals surface area contributed by atoms with E-state index in [9.17, 15) is 0 Å². The third-order valence-electron chi connectivity index (χ3n) is 9.59. The zero-order valence-electron chi connectivity index (χ0n) is 27.0. The molecule has 0 saturated carbocycles. The van der Waals surface area contributed by atoms with Gasteiger partial charge in [0.15, 0.2) is 5.82 Å². The molecule has 0 unspecified atom stereocenters. The van der Waals surface area contributed by atoms with Crippen LogP contribution in [0.1, 0.15) is 0 Å². The standard InChI is InChI=1S/C45H29N5/c1-4-14-30(15-5-1)37-29-42(48-45(47-37)31-16-6-2-7-17-31)50-39-26-25-32(28-36(39)44-41(50)24-13-27-46-44)34-21-12-23-40-43(34)35-20-10-11-22-38(35)49(40)33-18-8-3-9-19-33/h1-29H. The number of pyridine rings is 1. The molecule has 0 spiro atoms. The van der Waals surface area contributed by atoms with Crippen molar-refractivity contribution in [2.75, 3.05) is 0 Å². The van der Waals surface area contributed by atoms with E-state index in [1.54, 1.807) is 0 Å². The number of fused-ring (bicyclic) bond motifs is 6. The number of nitrogens with zero attached hydrogens (tertiary/aromatic N) is 5. The van der Waals surface area contributed by atoms with Gasteiger partial charge in [0.25, 0.3) is 0 Å². The van der Waals surface area contributed by atoms with Gasteiger partial charge in [-0.05, 0) is 59.7 Å². The zero-order valence-corrected chi connectivity index (χ0v) is 27.0. The second-order valence-electron chi connectivity index (χ2n) is 12.5. The molecule has 0 radical (unpaired) electrons. The monoisotopic (exact) mass is 639 g/mol. The summed E-state index contributed by atoms with van der Waals surface area (Å²) in [6, 6.07) is 59.4. The van der Waals surface area contributed by atoms with Crippen LogP contribution in [0.15, 0.2) is 176 Å². The summed E-state index contributed by atoms with van der Waals surface area (Å²) in [7, 11) is 0. The van der Waals surface area contributed by atoms with Crippen LogP contribution >= 0.6 is 0 Å². The summed E-state index contributed by atoms with van der Waals surface area (Å²) in [5, 5.41) is 3.53. The Labute approximate surface area is 288 Å². The Morgan fingerprint density at radius 3 is 1.92 bits per heavy atom. The van der Waals surface area contributed by atoms with Gasteiger partial charge in [0.1, 0.15) is 5.82 Å². The fourth-order valence-electron chi connectivity index (χ4n) is 7.39. The van der Waals surface area contributed by atoms with E-state index in [2.05, 4.69) is 137 Å². The molecule has 0 amide bonds. The van der Waals surface area contributed by atoms with Crippen LogP contribution in [-0.2, 0) is 0 Å². The normalized spacial score (nSPS) is 11.6. The van der Waals surface area contributed by atoms with Gasteiger partial charge in [-0.1, -0.05) is 115 Å². The number of hydrogen-bond donors (Lipinski definition) is 0. The average Bonchev–Trinajstić information content (AvgIpc) is 3.71. The minimum Gasteiger partial charge on any atom is -0.309 e. The fraction of sp³-hybridized carbons (Fsp3) is 0. The molecule has 0 saturated heterocycles. The smallest absolute Gasteiger partial charge is 0.162 e.